The molecule has 1 aromatic carbocycles. The van der Waals surface area contributed by atoms with Gasteiger partial charge in [0.2, 0.25) is 0 Å². The van der Waals surface area contributed by atoms with Gasteiger partial charge in [-0.25, -0.2) is 14.6 Å². The van der Waals surface area contributed by atoms with Crippen molar-refractivity contribution in [2.24, 2.45) is 5.29 Å². The number of nitrogens with zero attached hydrogens (tertiary/aromatic N) is 2. The molecule has 0 bridgehead atoms. The molecule has 126 valence electrons. The van der Waals surface area contributed by atoms with Crippen LogP contribution in [0.15, 0.2) is 46.0 Å². The fourth-order valence-corrected chi connectivity index (χ4v) is 3.19. The van der Waals surface area contributed by atoms with Gasteiger partial charge in [-0.15, -0.1) is 4.91 Å². The molecule has 0 saturated carbocycles. The summed E-state index contributed by atoms with van der Waals surface area (Å²) in [4.78, 5) is 34.6. The molecule has 0 radical (unpaired) electrons. The van der Waals surface area contributed by atoms with E-state index >= 15 is 0 Å². The molecule has 0 spiro atoms. The summed E-state index contributed by atoms with van der Waals surface area (Å²) in [7, 11) is 0. The predicted molar refractivity (Wildman–Crippen MR) is 87.5 cm³/mol. The molecule has 2 rings (SSSR count). The smallest absolute Gasteiger partial charge is 0.334 e. The number of aliphatic carboxylic acids is 2. The van der Waals surface area contributed by atoms with Gasteiger partial charge in [0.1, 0.15) is 0 Å². The number of halogens is 2. The monoisotopic (exact) mass is 370 g/mol. The first-order chi connectivity index (χ1) is 11.2. The van der Waals surface area contributed by atoms with Crippen molar-refractivity contribution in [3.63, 3.8) is 0 Å². The van der Waals surface area contributed by atoms with E-state index in [1.165, 1.54) is 32.0 Å². The van der Waals surface area contributed by atoms with E-state index in [1.807, 2.05) is 0 Å². The van der Waals surface area contributed by atoms with Crippen LogP contribution in [0.3, 0.4) is 0 Å². The highest BCUT2D eigenvalue weighted by molar-refractivity contribution is 6.42. The molecule has 24 heavy (non-hydrogen) atoms. The second-order valence-corrected chi connectivity index (χ2v) is 5.86. The van der Waals surface area contributed by atoms with Gasteiger partial charge in [-0.1, -0.05) is 35.3 Å². The van der Waals surface area contributed by atoms with Gasteiger partial charge in [0.05, 0.1) is 43.8 Å². The van der Waals surface area contributed by atoms with E-state index in [1.54, 1.807) is 0 Å². The van der Waals surface area contributed by atoms with E-state index in [9.17, 15) is 24.7 Å². The van der Waals surface area contributed by atoms with Crippen LogP contribution >= 0.6 is 23.2 Å². The summed E-state index contributed by atoms with van der Waals surface area (Å²) in [5.74, 6) is -3.95. The van der Waals surface area contributed by atoms with Crippen LogP contribution in [0.4, 0.5) is 0 Å². The molecular weight excluding hydrogens is 359 g/mol. The minimum atomic E-state index is -1.38. The molecule has 0 saturated heterocycles. The molecule has 7 nitrogen and oxygen atoms in total. The van der Waals surface area contributed by atoms with Crippen LogP contribution in [-0.2, 0) is 9.59 Å². The predicted octanol–water partition coefficient (Wildman–Crippen LogP) is 3.79. The zero-order chi connectivity index (χ0) is 18.2. The average molecular weight is 371 g/mol. The standard InChI is InChI=1S/C15H12Cl2N2O5/c1-6-10(14(20)21)12(8-4-3-5-9(16)13(8)17)11(15(22)23)7(2)19(6)18-24/h3-5,12H,1-2H3,(H,20,21)(H,22,23). The second kappa shape index (κ2) is 6.62. The number of carboxylic acid groups (broad SMARTS) is 2. The summed E-state index contributed by atoms with van der Waals surface area (Å²) in [6.45, 7) is 2.75. The van der Waals surface area contributed by atoms with Crippen LogP contribution in [0.25, 0.3) is 0 Å². The second-order valence-electron chi connectivity index (χ2n) is 5.08. The van der Waals surface area contributed by atoms with Crippen molar-refractivity contribution >= 4 is 35.1 Å². The van der Waals surface area contributed by atoms with Gasteiger partial charge in [-0.2, -0.15) is 0 Å². The topological polar surface area (TPSA) is 107 Å². The fourth-order valence-electron chi connectivity index (χ4n) is 2.78. The Morgan fingerprint density at radius 2 is 1.58 bits per heavy atom. The van der Waals surface area contributed by atoms with Crippen molar-refractivity contribution in [2.75, 3.05) is 0 Å². The van der Waals surface area contributed by atoms with Crippen molar-refractivity contribution in [2.45, 2.75) is 19.8 Å². The largest absolute Gasteiger partial charge is 0.478 e. The SMILES string of the molecule is CC1=C(C(=O)O)C(c2cccc(Cl)c2Cl)C(C(=O)O)=C(C)N1N=O. The molecule has 0 aliphatic carbocycles. The Labute approximate surface area is 146 Å². The molecule has 9 heteroatoms. The summed E-state index contributed by atoms with van der Waals surface area (Å²) in [6.07, 6.45) is 0. The van der Waals surface area contributed by atoms with Crippen LogP contribution in [0, 0.1) is 4.91 Å². The summed E-state index contributed by atoms with van der Waals surface area (Å²) in [5.41, 5.74) is -0.353. The fraction of sp³-hybridized carbons (Fsp3) is 0.200. The molecule has 1 aliphatic heterocycles. The first-order valence-corrected chi connectivity index (χ1v) is 7.43. The lowest BCUT2D eigenvalue weighted by atomic mass is 9.80. The van der Waals surface area contributed by atoms with Crippen molar-refractivity contribution in [1.29, 1.82) is 0 Å². The average Bonchev–Trinajstić information content (AvgIpc) is 2.49. The number of rotatable bonds is 4. The van der Waals surface area contributed by atoms with E-state index < -0.39 is 17.9 Å². The van der Waals surface area contributed by atoms with Crippen LogP contribution in [0.1, 0.15) is 25.3 Å². The van der Waals surface area contributed by atoms with Crippen molar-refractivity contribution in [3.8, 4) is 0 Å². The number of carboxylic acids is 2. The molecular formula is C15H12Cl2N2O5. The normalized spacial score (nSPS) is 15.8. The number of nitroso groups, excluding NO2 is 1. The van der Waals surface area contributed by atoms with E-state index in [2.05, 4.69) is 5.29 Å². The molecule has 2 N–H and O–H groups in total. The zero-order valence-electron chi connectivity index (χ0n) is 12.6. The van der Waals surface area contributed by atoms with Gasteiger partial charge in [-0.05, 0) is 25.5 Å². The molecule has 1 aliphatic rings. The van der Waals surface area contributed by atoms with Gasteiger partial charge in [-0.3, -0.25) is 0 Å². The van der Waals surface area contributed by atoms with Crippen molar-refractivity contribution in [1.82, 2.24) is 5.01 Å². The third-order valence-electron chi connectivity index (χ3n) is 3.83. The van der Waals surface area contributed by atoms with Crippen LogP contribution in [0.5, 0.6) is 0 Å². The number of benzene rings is 1. The summed E-state index contributed by atoms with van der Waals surface area (Å²) in [6, 6.07) is 4.54. The van der Waals surface area contributed by atoms with E-state index in [0.717, 1.165) is 5.01 Å². The first kappa shape index (κ1) is 18.0. The number of allylic oxidation sites excluding steroid dienone is 2. The van der Waals surface area contributed by atoms with Gasteiger partial charge >= 0.3 is 11.9 Å². The molecule has 0 atom stereocenters. The lowest BCUT2D eigenvalue weighted by Gasteiger charge is -2.32. The number of carbonyl (C=O) groups is 2. The van der Waals surface area contributed by atoms with Crippen LogP contribution in [-0.4, -0.2) is 27.2 Å². The lowest BCUT2D eigenvalue weighted by Crippen LogP contribution is -2.31. The third-order valence-corrected chi connectivity index (χ3v) is 4.66. The molecule has 0 unspecified atom stereocenters. The molecule has 0 aromatic heterocycles. The van der Waals surface area contributed by atoms with Gasteiger partial charge in [0.25, 0.3) is 0 Å². The first-order valence-electron chi connectivity index (χ1n) is 6.67. The Morgan fingerprint density at radius 3 is 2.00 bits per heavy atom. The zero-order valence-corrected chi connectivity index (χ0v) is 14.1. The van der Waals surface area contributed by atoms with Gasteiger partial charge in [0.15, 0.2) is 0 Å². The Kier molecular flexibility index (Phi) is 4.96. The van der Waals surface area contributed by atoms with E-state index in [4.69, 9.17) is 23.2 Å². The maximum absolute atomic E-state index is 11.8. The summed E-state index contributed by atoms with van der Waals surface area (Å²) < 4.78 is 0. The van der Waals surface area contributed by atoms with Crippen LogP contribution in [0.2, 0.25) is 10.0 Å². The Bertz CT molecular complexity index is 778. The molecule has 1 aromatic rings. The Balaban J connectivity index is 2.88. The molecule has 0 fully saturated rings. The van der Waals surface area contributed by atoms with Crippen molar-refractivity contribution < 1.29 is 19.8 Å². The van der Waals surface area contributed by atoms with Crippen LogP contribution < -0.4 is 0 Å². The highest BCUT2D eigenvalue weighted by Gasteiger charge is 2.41. The Hall–Kier alpha value is -2.38. The lowest BCUT2D eigenvalue weighted by molar-refractivity contribution is -0.133. The number of hydrogen-bond donors (Lipinski definition) is 2. The maximum atomic E-state index is 11.8. The Morgan fingerprint density at radius 1 is 1.08 bits per heavy atom. The van der Waals surface area contributed by atoms with E-state index in [0.29, 0.717) is 0 Å². The number of hydrogen-bond acceptors (Lipinski definition) is 4. The van der Waals surface area contributed by atoms with Crippen molar-refractivity contribution in [3.05, 3.63) is 61.3 Å². The van der Waals surface area contributed by atoms with E-state index in [-0.39, 0.29) is 38.1 Å². The minimum Gasteiger partial charge on any atom is -0.478 e. The van der Waals surface area contributed by atoms with Gasteiger partial charge < -0.3 is 10.2 Å². The maximum Gasteiger partial charge on any atom is 0.334 e. The highest BCUT2D eigenvalue weighted by atomic mass is 35.5. The molecule has 1 heterocycles. The van der Waals surface area contributed by atoms with Gasteiger partial charge in [0, 0.05) is 0 Å². The summed E-state index contributed by atoms with van der Waals surface area (Å²) >= 11 is 12.1. The highest BCUT2D eigenvalue weighted by Crippen LogP contribution is 2.45. The molecule has 0 amide bonds. The minimum absolute atomic E-state index is 0.0149. The summed E-state index contributed by atoms with van der Waals surface area (Å²) in [5, 5.41) is 22.8. The quantitative estimate of drug-likeness (QED) is 0.780. The third kappa shape index (κ3) is 2.76.